The highest BCUT2D eigenvalue weighted by Gasteiger charge is 2.30. The summed E-state index contributed by atoms with van der Waals surface area (Å²) in [6.07, 6.45) is 2.24. The van der Waals surface area contributed by atoms with Crippen LogP contribution in [-0.2, 0) is 14.3 Å². The molecule has 26 heavy (non-hydrogen) atoms. The third kappa shape index (κ3) is 6.38. The molecule has 0 radical (unpaired) electrons. The number of nitrogens with one attached hydrogen (secondary N) is 3. The molecule has 0 heterocycles. The summed E-state index contributed by atoms with van der Waals surface area (Å²) < 4.78 is 5.09. The summed E-state index contributed by atoms with van der Waals surface area (Å²) in [4.78, 5) is 36.2. The number of rotatable bonds is 8. The lowest BCUT2D eigenvalue weighted by atomic mass is 10.1. The van der Waals surface area contributed by atoms with E-state index in [-0.39, 0.29) is 24.5 Å². The van der Waals surface area contributed by atoms with Gasteiger partial charge in [0.25, 0.3) is 5.91 Å². The second kappa shape index (κ2) is 9.22. The molecule has 0 spiro atoms. The number of hydrogen-bond donors (Lipinski definition) is 3. The maximum absolute atomic E-state index is 12.3. The minimum absolute atomic E-state index is 0.0943. The van der Waals surface area contributed by atoms with Crippen LogP contribution in [0.3, 0.4) is 0 Å². The van der Waals surface area contributed by atoms with Crippen LogP contribution in [0.1, 0.15) is 33.6 Å². The van der Waals surface area contributed by atoms with Gasteiger partial charge < -0.3 is 20.7 Å². The Morgan fingerprint density at radius 1 is 1.08 bits per heavy atom. The van der Waals surface area contributed by atoms with Crippen molar-refractivity contribution >= 4 is 23.6 Å². The van der Waals surface area contributed by atoms with Crippen LogP contribution < -0.4 is 16.0 Å². The van der Waals surface area contributed by atoms with Crippen LogP contribution in [-0.4, -0.2) is 36.6 Å². The van der Waals surface area contributed by atoms with Crippen molar-refractivity contribution in [3.8, 4) is 0 Å². The van der Waals surface area contributed by atoms with E-state index in [1.165, 1.54) is 0 Å². The van der Waals surface area contributed by atoms with E-state index >= 15 is 0 Å². The first-order chi connectivity index (χ1) is 12.4. The van der Waals surface area contributed by atoms with Gasteiger partial charge in [0.2, 0.25) is 0 Å². The predicted octanol–water partition coefficient (Wildman–Crippen LogP) is 2.29. The Morgan fingerprint density at radius 2 is 1.73 bits per heavy atom. The molecular weight excluding hydrogens is 334 g/mol. The third-order valence-electron chi connectivity index (χ3n) is 4.30. The lowest BCUT2D eigenvalue weighted by molar-refractivity contribution is -0.151. The van der Waals surface area contributed by atoms with Crippen LogP contribution in [0, 0.1) is 11.8 Å². The number of carbonyl (C=O) groups excluding carboxylic acids is 3. The van der Waals surface area contributed by atoms with E-state index in [0.717, 1.165) is 12.8 Å². The highest BCUT2D eigenvalue weighted by Crippen LogP contribution is 2.32. The third-order valence-corrected chi connectivity index (χ3v) is 4.30. The Bertz CT molecular complexity index is 629. The zero-order chi connectivity index (χ0) is 19.1. The number of esters is 1. The summed E-state index contributed by atoms with van der Waals surface area (Å²) in [5.41, 5.74) is 0.620. The molecule has 2 atom stereocenters. The van der Waals surface area contributed by atoms with Gasteiger partial charge in [-0.05, 0) is 43.7 Å². The minimum atomic E-state index is -0.840. The highest BCUT2D eigenvalue weighted by molar-refractivity contribution is 5.93. The van der Waals surface area contributed by atoms with E-state index in [4.69, 9.17) is 4.74 Å². The van der Waals surface area contributed by atoms with Crippen LogP contribution in [0.4, 0.5) is 10.5 Å². The fourth-order valence-corrected chi connectivity index (χ4v) is 2.56. The number of anilines is 1. The van der Waals surface area contributed by atoms with Crippen LogP contribution in [0.2, 0.25) is 0 Å². The maximum atomic E-state index is 12.3. The number of benzene rings is 1. The van der Waals surface area contributed by atoms with Gasteiger partial charge in [-0.15, -0.1) is 0 Å². The molecule has 0 saturated heterocycles. The quantitative estimate of drug-likeness (QED) is 0.619. The summed E-state index contributed by atoms with van der Waals surface area (Å²) >= 11 is 0. The van der Waals surface area contributed by atoms with E-state index < -0.39 is 18.0 Å². The Kier molecular flexibility index (Phi) is 7.00. The van der Waals surface area contributed by atoms with Crippen molar-refractivity contribution in [1.29, 1.82) is 0 Å². The summed E-state index contributed by atoms with van der Waals surface area (Å²) in [6.45, 7) is 5.19. The molecule has 0 bridgehead atoms. The van der Waals surface area contributed by atoms with Gasteiger partial charge in [0.1, 0.15) is 6.04 Å². The lowest BCUT2D eigenvalue weighted by Gasteiger charge is -2.21. The fraction of sp³-hybridized carbons (Fsp3) is 0.526. The Labute approximate surface area is 153 Å². The molecule has 1 aliphatic rings. The molecule has 0 aliphatic heterocycles. The second-order valence-electron chi connectivity index (χ2n) is 6.99. The molecule has 142 valence electrons. The van der Waals surface area contributed by atoms with Gasteiger partial charge >= 0.3 is 12.0 Å². The first kappa shape index (κ1) is 19.8. The molecule has 0 unspecified atom stereocenters. The first-order valence-corrected chi connectivity index (χ1v) is 8.95. The molecular formula is C19H27N3O4. The zero-order valence-corrected chi connectivity index (χ0v) is 15.5. The summed E-state index contributed by atoms with van der Waals surface area (Å²) in [7, 11) is 0. The van der Waals surface area contributed by atoms with E-state index in [9.17, 15) is 14.4 Å². The fourth-order valence-electron chi connectivity index (χ4n) is 2.56. The summed E-state index contributed by atoms with van der Waals surface area (Å²) in [5, 5.41) is 8.08. The molecule has 7 heteroatoms. The Hall–Kier alpha value is -2.57. The summed E-state index contributed by atoms with van der Waals surface area (Å²) in [5.74, 6) is -0.606. The average molecular weight is 361 g/mol. The van der Waals surface area contributed by atoms with Gasteiger partial charge in [-0.1, -0.05) is 32.0 Å². The maximum Gasteiger partial charge on any atom is 0.329 e. The molecule has 1 fully saturated rings. The number of carbonyl (C=O) groups is 3. The standard InChI is InChI=1S/C19H27N3O4/c1-12(2)17(22-19(25)21-15-7-5-4-6-8-15)18(24)26-11-16(23)20-13(3)14-9-10-14/h4-8,12-14,17H,9-11H2,1-3H3,(H,20,23)(H2,21,22,25)/t13-,17+/m1/s1. The topological polar surface area (TPSA) is 96.5 Å². The molecule has 0 aromatic heterocycles. The van der Waals surface area contributed by atoms with Crippen molar-refractivity contribution in [1.82, 2.24) is 10.6 Å². The SMILES string of the molecule is CC(C)[C@H](NC(=O)Nc1ccccc1)C(=O)OCC(=O)N[C@H](C)C1CC1. The zero-order valence-electron chi connectivity index (χ0n) is 15.5. The highest BCUT2D eigenvalue weighted by atomic mass is 16.5. The number of ether oxygens (including phenoxy) is 1. The van der Waals surface area contributed by atoms with E-state index in [1.54, 1.807) is 38.1 Å². The summed E-state index contributed by atoms with van der Waals surface area (Å²) in [6, 6.07) is 7.67. The normalized spacial score (nSPS) is 15.7. The van der Waals surface area contributed by atoms with Gasteiger partial charge in [-0.2, -0.15) is 0 Å². The van der Waals surface area contributed by atoms with Gasteiger partial charge in [-0.3, -0.25) is 4.79 Å². The lowest BCUT2D eigenvalue weighted by Crippen LogP contribution is -2.48. The van der Waals surface area contributed by atoms with E-state index in [1.807, 2.05) is 13.0 Å². The minimum Gasteiger partial charge on any atom is -0.454 e. The molecule has 3 N–H and O–H groups in total. The van der Waals surface area contributed by atoms with Crippen molar-refractivity contribution in [2.24, 2.45) is 11.8 Å². The van der Waals surface area contributed by atoms with Crippen molar-refractivity contribution in [3.63, 3.8) is 0 Å². The largest absolute Gasteiger partial charge is 0.454 e. The van der Waals surface area contributed by atoms with Gasteiger partial charge in [0.15, 0.2) is 6.61 Å². The van der Waals surface area contributed by atoms with Gasteiger partial charge in [0, 0.05) is 11.7 Å². The van der Waals surface area contributed by atoms with Crippen LogP contribution in [0.5, 0.6) is 0 Å². The smallest absolute Gasteiger partial charge is 0.329 e. The molecule has 1 aromatic rings. The van der Waals surface area contributed by atoms with Gasteiger partial charge in [0.05, 0.1) is 0 Å². The van der Waals surface area contributed by atoms with E-state index in [2.05, 4.69) is 16.0 Å². The number of amides is 3. The van der Waals surface area contributed by atoms with E-state index in [0.29, 0.717) is 11.6 Å². The van der Waals surface area contributed by atoms with Crippen LogP contribution in [0.25, 0.3) is 0 Å². The van der Waals surface area contributed by atoms with Crippen LogP contribution in [0.15, 0.2) is 30.3 Å². The molecule has 1 aromatic carbocycles. The first-order valence-electron chi connectivity index (χ1n) is 8.95. The predicted molar refractivity (Wildman–Crippen MR) is 98.5 cm³/mol. The van der Waals surface area contributed by atoms with Crippen molar-refractivity contribution in [2.75, 3.05) is 11.9 Å². The van der Waals surface area contributed by atoms with Gasteiger partial charge in [-0.25, -0.2) is 9.59 Å². The van der Waals surface area contributed by atoms with Crippen molar-refractivity contribution in [3.05, 3.63) is 30.3 Å². The van der Waals surface area contributed by atoms with Crippen molar-refractivity contribution in [2.45, 2.75) is 45.7 Å². The molecule has 1 saturated carbocycles. The molecule has 1 aliphatic carbocycles. The number of urea groups is 1. The Morgan fingerprint density at radius 3 is 2.31 bits per heavy atom. The molecule has 7 nitrogen and oxygen atoms in total. The monoisotopic (exact) mass is 361 g/mol. The number of para-hydroxylation sites is 1. The molecule has 3 amide bonds. The van der Waals surface area contributed by atoms with Crippen molar-refractivity contribution < 1.29 is 19.1 Å². The number of hydrogen-bond acceptors (Lipinski definition) is 4. The second-order valence-corrected chi connectivity index (χ2v) is 6.99. The Balaban J connectivity index is 1.80. The average Bonchev–Trinajstić information content (AvgIpc) is 3.43. The molecule has 2 rings (SSSR count). The van der Waals surface area contributed by atoms with Crippen LogP contribution >= 0.6 is 0 Å².